The van der Waals surface area contributed by atoms with Gasteiger partial charge in [0.2, 0.25) is 5.91 Å². The standard InChI is InChI=1S/C15H18ClNO5/c1-2-22-14(19)8-7-13(18)17-12(15(20)21)9-10-5-3-4-6-11(10)16/h3-6,12H,2,7-9H2,1H3,(H,17,18)(H,20,21)/t12-/m1/s1. The van der Waals surface area contributed by atoms with Crippen LogP contribution >= 0.6 is 11.6 Å². The summed E-state index contributed by atoms with van der Waals surface area (Å²) in [6.07, 6.45) is -0.136. The molecule has 1 aromatic carbocycles. The number of amides is 1. The van der Waals surface area contributed by atoms with Crippen LogP contribution in [0.2, 0.25) is 5.02 Å². The lowest BCUT2D eigenvalue weighted by Crippen LogP contribution is -2.42. The molecule has 2 N–H and O–H groups in total. The van der Waals surface area contributed by atoms with E-state index in [1.807, 2.05) is 0 Å². The van der Waals surface area contributed by atoms with Gasteiger partial charge in [0.25, 0.3) is 0 Å². The third kappa shape index (κ3) is 6.13. The highest BCUT2D eigenvalue weighted by atomic mass is 35.5. The van der Waals surface area contributed by atoms with E-state index in [9.17, 15) is 19.5 Å². The first-order valence-corrected chi connectivity index (χ1v) is 7.23. The Kier molecular flexibility index (Phi) is 7.39. The van der Waals surface area contributed by atoms with E-state index in [1.165, 1.54) is 0 Å². The molecule has 7 heteroatoms. The number of nitrogens with one attached hydrogen (secondary N) is 1. The van der Waals surface area contributed by atoms with Gasteiger partial charge in [0.15, 0.2) is 0 Å². The molecule has 0 spiro atoms. The van der Waals surface area contributed by atoms with Gasteiger partial charge in [-0.1, -0.05) is 29.8 Å². The summed E-state index contributed by atoms with van der Waals surface area (Å²) < 4.78 is 4.70. The zero-order valence-electron chi connectivity index (χ0n) is 12.2. The maximum absolute atomic E-state index is 11.7. The molecule has 1 aromatic rings. The molecule has 0 aliphatic rings. The first-order chi connectivity index (χ1) is 10.4. The number of esters is 1. The van der Waals surface area contributed by atoms with E-state index in [0.29, 0.717) is 10.6 Å². The second-order valence-corrected chi connectivity index (χ2v) is 4.97. The highest BCUT2D eigenvalue weighted by Crippen LogP contribution is 2.16. The summed E-state index contributed by atoms with van der Waals surface area (Å²) >= 11 is 5.98. The Bertz CT molecular complexity index is 546. The highest BCUT2D eigenvalue weighted by molar-refractivity contribution is 6.31. The predicted octanol–water partition coefficient (Wildman–Crippen LogP) is 1.80. The quantitative estimate of drug-likeness (QED) is 0.710. The van der Waals surface area contributed by atoms with Crippen LogP contribution in [0.1, 0.15) is 25.3 Å². The van der Waals surface area contributed by atoms with E-state index >= 15 is 0 Å². The van der Waals surface area contributed by atoms with E-state index in [-0.39, 0.29) is 25.9 Å². The SMILES string of the molecule is CCOC(=O)CCC(=O)N[C@H](Cc1ccccc1Cl)C(=O)O. The van der Waals surface area contributed by atoms with Crippen LogP contribution in [0.4, 0.5) is 0 Å². The number of benzene rings is 1. The predicted molar refractivity (Wildman–Crippen MR) is 80.6 cm³/mol. The molecule has 120 valence electrons. The topological polar surface area (TPSA) is 92.7 Å². The van der Waals surface area contributed by atoms with Crippen LogP contribution in [0.25, 0.3) is 0 Å². The molecule has 22 heavy (non-hydrogen) atoms. The summed E-state index contributed by atoms with van der Waals surface area (Å²) in [5.74, 6) is -2.17. The minimum Gasteiger partial charge on any atom is -0.480 e. The van der Waals surface area contributed by atoms with Crippen molar-refractivity contribution in [2.45, 2.75) is 32.2 Å². The maximum atomic E-state index is 11.7. The molecule has 0 aromatic heterocycles. The van der Waals surface area contributed by atoms with Gasteiger partial charge in [0.1, 0.15) is 6.04 Å². The first-order valence-electron chi connectivity index (χ1n) is 6.85. The van der Waals surface area contributed by atoms with Crippen molar-refractivity contribution in [1.29, 1.82) is 0 Å². The molecule has 0 fully saturated rings. The monoisotopic (exact) mass is 327 g/mol. The number of hydrogen-bond donors (Lipinski definition) is 2. The van der Waals surface area contributed by atoms with Gasteiger partial charge in [-0.25, -0.2) is 4.79 Å². The largest absolute Gasteiger partial charge is 0.480 e. The van der Waals surface area contributed by atoms with Gasteiger partial charge in [-0.15, -0.1) is 0 Å². The molecule has 0 unspecified atom stereocenters. The van der Waals surface area contributed by atoms with E-state index < -0.39 is 23.9 Å². The van der Waals surface area contributed by atoms with Crippen molar-refractivity contribution in [2.75, 3.05) is 6.61 Å². The molecule has 6 nitrogen and oxygen atoms in total. The molecule has 0 saturated heterocycles. The second-order valence-electron chi connectivity index (χ2n) is 4.56. The molecular weight excluding hydrogens is 310 g/mol. The third-order valence-corrected chi connectivity index (χ3v) is 3.25. The average molecular weight is 328 g/mol. The van der Waals surface area contributed by atoms with E-state index in [0.717, 1.165) is 0 Å². The smallest absolute Gasteiger partial charge is 0.326 e. The van der Waals surface area contributed by atoms with Crippen molar-refractivity contribution in [1.82, 2.24) is 5.32 Å². The number of halogens is 1. The highest BCUT2D eigenvalue weighted by Gasteiger charge is 2.21. The van der Waals surface area contributed by atoms with Gasteiger partial charge in [-0.3, -0.25) is 9.59 Å². The Morgan fingerprint density at radius 2 is 1.95 bits per heavy atom. The molecule has 0 heterocycles. The van der Waals surface area contributed by atoms with Crippen molar-refractivity contribution in [3.63, 3.8) is 0 Å². The molecule has 0 aliphatic heterocycles. The normalized spacial score (nSPS) is 11.5. The Balaban J connectivity index is 2.58. The van der Waals surface area contributed by atoms with E-state index in [1.54, 1.807) is 31.2 Å². The fourth-order valence-corrected chi connectivity index (χ4v) is 2.01. The summed E-state index contributed by atoms with van der Waals surface area (Å²) in [6.45, 7) is 1.91. The van der Waals surface area contributed by atoms with Crippen LogP contribution in [0, 0.1) is 0 Å². The zero-order chi connectivity index (χ0) is 16.5. The van der Waals surface area contributed by atoms with Crippen molar-refractivity contribution >= 4 is 29.4 Å². The van der Waals surface area contributed by atoms with Crippen molar-refractivity contribution < 1.29 is 24.2 Å². The minimum absolute atomic E-state index is 0.0696. The summed E-state index contributed by atoms with van der Waals surface area (Å²) in [5.41, 5.74) is 0.627. The van der Waals surface area contributed by atoms with E-state index in [2.05, 4.69) is 5.32 Å². The van der Waals surface area contributed by atoms with Crippen LogP contribution < -0.4 is 5.32 Å². The molecular formula is C15H18ClNO5. The molecule has 0 saturated carbocycles. The lowest BCUT2D eigenvalue weighted by Gasteiger charge is -2.15. The lowest BCUT2D eigenvalue weighted by molar-refractivity contribution is -0.144. The van der Waals surface area contributed by atoms with Gasteiger partial charge < -0.3 is 15.2 Å². The summed E-state index contributed by atoms with van der Waals surface area (Å²) in [4.78, 5) is 34.1. The van der Waals surface area contributed by atoms with Crippen molar-refractivity contribution in [3.8, 4) is 0 Å². The second kappa shape index (κ2) is 9.04. The van der Waals surface area contributed by atoms with Gasteiger partial charge >= 0.3 is 11.9 Å². The fraction of sp³-hybridized carbons (Fsp3) is 0.400. The van der Waals surface area contributed by atoms with Gasteiger partial charge in [0, 0.05) is 17.9 Å². The lowest BCUT2D eigenvalue weighted by atomic mass is 10.1. The number of carboxylic acids is 1. The van der Waals surface area contributed by atoms with Crippen molar-refractivity contribution in [3.05, 3.63) is 34.9 Å². The van der Waals surface area contributed by atoms with Crippen LogP contribution in [0.3, 0.4) is 0 Å². The number of carboxylic acid groups (broad SMARTS) is 1. The summed E-state index contributed by atoms with van der Waals surface area (Å²) in [5, 5.41) is 12.0. The van der Waals surface area contributed by atoms with Crippen LogP contribution in [-0.2, 0) is 25.5 Å². The number of carbonyl (C=O) groups excluding carboxylic acids is 2. The average Bonchev–Trinajstić information content (AvgIpc) is 2.47. The van der Waals surface area contributed by atoms with Crippen LogP contribution in [-0.4, -0.2) is 35.6 Å². The zero-order valence-corrected chi connectivity index (χ0v) is 12.9. The van der Waals surface area contributed by atoms with Gasteiger partial charge in [0.05, 0.1) is 13.0 Å². The summed E-state index contributed by atoms with van der Waals surface area (Å²) in [6, 6.07) is 5.72. The number of ether oxygens (including phenoxy) is 1. The molecule has 1 amide bonds. The minimum atomic E-state index is -1.16. The fourth-order valence-electron chi connectivity index (χ4n) is 1.80. The number of rotatable bonds is 8. The van der Waals surface area contributed by atoms with Crippen molar-refractivity contribution in [2.24, 2.45) is 0 Å². The number of aliphatic carboxylic acids is 1. The molecule has 1 atom stereocenters. The molecule has 0 bridgehead atoms. The number of hydrogen-bond acceptors (Lipinski definition) is 4. The van der Waals surface area contributed by atoms with Gasteiger partial charge in [-0.2, -0.15) is 0 Å². The molecule has 0 radical (unpaired) electrons. The summed E-state index contributed by atoms with van der Waals surface area (Å²) in [7, 11) is 0. The maximum Gasteiger partial charge on any atom is 0.326 e. The molecule has 1 rings (SSSR count). The Labute approximate surface area is 133 Å². The number of carbonyl (C=O) groups is 3. The van der Waals surface area contributed by atoms with Crippen LogP contribution in [0.15, 0.2) is 24.3 Å². The Morgan fingerprint density at radius 1 is 1.27 bits per heavy atom. The van der Waals surface area contributed by atoms with Gasteiger partial charge in [-0.05, 0) is 18.6 Å². The first kappa shape index (κ1) is 18.0. The third-order valence-electron chi connectivity index (χ3n) is 2.88. The molecule has 0 aliphatic carbocycles. The van der Waals surface area contributed by atoms with E-state index in [4.69, 9.17) is 16.3 Å². The Hall–Kier alpha value is -2.08. The Morgan fingerprint density at radius 3 is 2.55 bits per heavy atom. The van der Waals surface area contributed by atoms with Crippen LogP contribution in [0.5, 0.6) is 0 Å².